The molecule has 0 spiro atoms. The molecule has 0 bridgehead atoms. The average Bonchev–Trinajstić information content (AvgIpc) is 3.05. The number of thiophene rings is 1. The molecular formula is C13H13NO4S2. The van der Waals surface area contributed by atoms with Crippen molar-refractivity contribution in [3.63, 3.8) is 0 Å². The second kappa shape index (κ2) is 4.83. The molecule has 1 fully saturated rings. The molecule has 1 atom stereocenters. The molecule has 0 amide bonds. The molecule has 1 N–H and O–H groups in total. The summed E-state index contributed by atoms with van der Waals surface area (Å²) in [5.41, 5.74) is 0. The minimum Gasteiger partial charge on any atom is -0.480 e. The van der Waals surface area contributed by atoms with Crippen LogP contribution in [0, 0.1) is 0 Å². The summed E-state index contributed by atoms with van der Waals surface area (Å²) in [6, 6.07) is 8.09. The number of sulfonamides is 1. The van der Waals surface area contributed by atoms with Gasteiger partial charge in [-0.3, -0.25) is 4.79 Å². The fourth-order valence-electron chi connectivity index (χ4n) is 2.47. The molecular weight excluding hydrogens is 298 g/mol. The summed E-state index contributed by atoms with van der Waals surface area (Å²) in [7, 11) is -3.72. The molecule has 0 radical (unpaired) electrons. The van der Waals surface area contributed by atoms with Crippen molar-refractivity contribution in [3.8, 4) is 0 Å². The molecule has 1 aromatic heterocycles. The number of carbonyl (C=O) groups is 1. The third-order valence-corrected chi connectivity index (χ3v) is 6.93. The number of aliphatic carboxylic acids is 1. The summed E-state index contributed by atoms with van der Waals surface area (Å²) in [6.07, 6.45) is 0.959. The highest BCUT2D eigenvalue weighted by atomic mass is 32.2. The van der Waals surface area contributed by atoms with Crippen LogP contribution < -0.4 is 0 Å². The fraction of sp³-hybridized carbons (Fsp3) is 0.308. The van der Waals surface area contributed by atoms with Gasteiger partial charge in [0, 0.05) is 11.2 Å². The van der Waals surface area contributed by atoms with E-state index in [1.807, 2.05) is 24.3 Å². The van der Waals surface area contributed by atoms with Crippen LogP contribution >= 0.6 is 11.3 Å². The Bertz CT molecular complexity index is 733. The van der Waals surface area contributed by atoms with Gasteiger partial charge < -0.3 is 5.11 Å². The first kappa shape index (κ1) is 13.5. The van der Waals surface area contributed by atoms with Crippen LogP contribution in [0.25, 0.3) is 10.1 Å². The molecule has 2 heterocycles. The molecule has 2 aromatic rings. The van der Waals surface area contributed by atoms with Crippen molar-refractivity contribution in [3.05, 3.63) is 30.3 Å². The summed E-state index contributed by atoms with van der Waals surface area (Å²) < 4.78 is 27.4. The summed E-state index contributed by atoms with van der Waals surface area (Å²) in [5, 5.41) is 9.99. The molecule has 20 heavy (non-hydrogen) atoms. The Balaban J connectivity index is 2.05. The van der Waals surface area contributed by atoms with Gasteiger partial charge in [-0.25, -0.2) is 8.42 Å². The standard InChI is InChI=1S/C13H13NO4S2/c15-13(16)10-5-3-7-14(10)20(17,18)12-8-9-4-1-2-6-11(9)19-12/h1-2,4,6,8,10H,3,5,7H2,(H,15,16)/t10-/m0/s1. The lowest BCUT2D eigenvalue weighted by molar-refractivity contribution is -0.140. The number of nitrogens with zero attached hydrogens (tertiary/aromatic N) is 1. The maximum absolute atomic E-state index is 12.6. The molecule has 0 aliphatic carbocycles. The Hall–Kier alpha value is -1.44. The van der Waals surface area contributed by atoms with Crippen LogP contribution in [0.5, 0.6) is 0 Å². The van der Waals surface area contributed by atoms with Crippen molar-refractivity contribution in [2.45, 2.75) is 23.1 Å². The maximum Gasteiger partial charge on any atom is 0.322 e. The Morgan fingerprint density at radius 3 is 2.80 bits per heavy atom. The van der Waals surface area contributed by atoms with Crippen molar-refractivity contribution in [1.82, 2.24) is 4.31 Å². The van der Waals surface area contributed by atoms with E-state index < -0.39 is 22.0 Å². The first-order chi connectivity index (χ1) is 9.50. The molecule has 0 unspecified atom stereocenters. The summed E-state index contributed by atoms with van der Waals surface area (Å²) in [6.45, 7) is 0.271. The van der Waals surface area contributed by atoms with E-state index in [0.717, 1.165) is 14.4 Å². The predicted molar refractivity (Wildman–Crippen MR) is 76.4 cm³/mol. The fourth-order valence-corrected chi connectivity index (χ4v) is 5.65. The number of carboxylic acids is 1. The molecule has 3 rings (SSSR count). The Morgan fingerprint density at radius 2 is 2.10 bits per heavy atom. The molecule has 7 heteroatoms. The smallest absolute Gasteiger partial charge is 0.322 e. The van der Waals surface area contributed by atoms with Gasteiger partial charge in [-0.1, -0.05) is 18.2 Å². The molecule has 1 aromatic carbocycles. The van der Waals surface area contributed by atoms with Crippen LogP contribution in [0.4, 0.5) is 0 Å². The van der Waals surface area contributed by atoms with Gasteiger partial charge in [0.05, 0.1) is 0 Å². The van der Waals surface area contributed by atoms with Crippen LogP contribution in [0.15, 0.2) is 34.5 Å². The van der Waals surface area contributed by atoms with Crippen LogP contribution in [-0.2, 0) is 14.8 Å². The number of rotatable bonds is 3. The molecule has 5 nitrogen and oxygen atoms in total. The average molecular weight is 311 g/mol. The van der Waals surface area contributed by atoms with Crippen LogP contribution in [-0.4, -0.2) is 36.4 Å². The molecule has 106 valence electrons. The Labute approximate surface area is 120 Å². The number of hydrogen-bond acceptors (Lipinski definition) is 4. The summed E-state index contributed by atoms with van der Waals surface area (Å²) in [5.74, 6) is -1.08. The highest BCUT2D eigenvalue weighted by molar-refractivity contribution is 7.91. The quantitative estimate of drug-likeness (QED) is 0.942. The third-order valence-electron chi connectivity index (χ3n) is 3.45. The highest BCUT2D eigenvalue weighted by Crippen LogP contribution is 2.33. The van der Waals surface area contributed by atoms with E-state index in [0.29, 0.717) is 12.8 Å². The third kappa shape index (κ3) is 2.11. The lowest BCUT2D eigenvalue weighted by Crippen LogP contribution is -2.40. The highest BCUT2D eigenvalue weighted by Gasteiger charge is 2.40. The molecule has 0 saturated carbocycles. The van der Waals surface area contributed by atoms with Gasteiger partial charge in [0.1, 0.15) is 10.3 Å². The van der Waals surface area contributed by atoms with Crippen molar-refractivity contribution in [2.75, 3.05) is 6.54 Å². The number of carboxylic acid groups (broad SMARTS) is 1. The minimum absolute atomic E-state index is 0.215. The van der Waals surface area contributed by atoms with Crippen molar-refractivity contribution >= 4 is 37.4 Å². The lowest BCUT2D eigenvalue weighted by atomic mass is 10.2. The van der Waals surface area contributed by atoms with E-state index in [4.69, 9.17) is 5.11 Å². The number of hydrogen-bond donors (Lipinski definition) is 1. The van der Waals surface area contributed by atoms with Crippen LogP contribution in [0.1, 0.15) is 12.8 Å². The molecule has 1 saturated heterocycles. The van der Waals surface area contributed by atoms with E-state index >= 15 is 0 Å². The second-order valence-electron chi connectivity index (χ2n) is 4.72. The number of benzene rings is 1. The summed E-state index contributed by atoms with van der Waals surface area (Å²) in [4.78, 5) is 11.2. The zero-order valence-corrected chi connectivity index (χ0v) is 12.2. The van der Waals surface area contributed by atoms with Crippen LogP contribution in [0.3, 0.4) is 0 Å². The van der Waals surface area contributed by atoms with Crippen LogP contribution in [0.2, 0.25) is 0 Å². The van der Waals surface area contributed by atoms with Crippen molar-refractivity contribution in [1.29, 1.82) is 0 Å². The van der Waals surface area contributed by atoms with E-state index in [1.54, 1.807) is 6.07 Å². The monoisotopic (exact) mass is 311 g/mol. The second-order valence-corrected chi connectivity index (χ2v) is 7.92. The van der Waals surface area contributed by atoms with Gasteiger partial charge in [-0.05, 0) is 30.4 Å². The first-order valence-corrected chi connectivity index (χ1v) is 8.49. The Morgan fingerprint density at radius 1 is 1.35 bits per heavy atom. The first-order valence-electron chi connectivity index (χ1n) is 6.23. The van der Waals surface area contributed by atoms with Gasteiger partial charge in [0.2, 0.25) is 0 Å². The largest absolute Gasteiger partial charge is 0.480 e. The Kier molecular flexibility index (Phi) is 3.27. The number of fused-ring (bicyclic) bond motifs is 1. The van der Waals surface area contributed by atoms with Gasteiger partial charge in [-0.2, -0.15) is 4.31 Å². The topological polar surface area (TPSA) is 74.7 Å². The molecule has 1 aliphatic heterocycles. The van der Waals surface area contributed by atoms with E-state index in [9.17, 15) is 13.2 Å². The van der Waals surface area contributed by atoms with E-state index in [2.05, 4.69) is 0 Å². The van der Waals surface area contributed by atoms with Gasteiger partial charge in [-0.15, -0.1) is 11.3 Å². The lowest BCUT2D eigenvalue weighted by Gasteiger charge is -2.19. The van der Waals surface area contributed by atoms with E-state index in [-0.39, 0.29) is 10.8 Å². The minimum atomic E-state index is -3.72. The normalized spacial score (nSPS) is 20.5. The predicted octanol–water partition coefficient (Wildman–Crippen LogP) is 2.14. The van der Waals surface area contributed by atoms with Crippen molar-refractivity contribution < 1.29 is 18.3 Å². The zero-order valence-electron chi connectivity index (χ0n) is 10.5. The van der Waals surface area contributed by atoms with Gasteiger partial charge >= 0.3 is 5.97 Å². The van der Waals surface area contributed by atoms with Gasteiger partial charge in [0.15, 0.2) is 0 Å². The molecule has 1 aliphatic rings. The zero-order chi connectivity index (χ0) is 14.3. The SMILES string of the molecule is O=C(O)[C@@H]1CCCN1S(=O)(=O)c1cc2ccccc2s1. The maximum atomic E-state index is 12.6. The summed E-state index contributed by atoms with van der Waals surface area (Å²) >= 11 is 1.18. The van der Waals surface area contributed by atoms with E-state index in [1.165, 1.54) is 11.3 Å². The van der Waals surface area contributed by atoms with Gasteiger partial charge in [0.25, 0.3) is 10.0 Å². The van der Waals surface area contributed by atoms with Crippen molar-refractivity contribution in [2.24, 2.45) is 0 Å².